The summed E-state index contributed by atoms with van der Waals surface area (Å²) in [5.74, 6) is 1.00. The molecule has 1 amide bonds. The lowest BCUT2D eigenvalue weighted by Gasteiger charge is -2.33. The van der Waals surface area contributed by atoms with Gasteiger partial charge < -0.3 is 14.2 Å². The number of carbonyl (C=O) groups is 1. The van der Waals surface area contributed by atoms with E-state index in [-0.39, 0.29) is 18.1 Å². The number of carbonyl (C=O) groups excluding carboxylic acids is 1. The van der Waals surface area contributed by atoms with Crippen molar-refractivity contribution in [2.45, 2.75) is 32.0 Å². The number of hydrogen-bond donors (Lipinski definition) is 0. The van der Waals surface area contributed by atoms with Crippen molar-refractivity contribution in [3.8, 4) is 0 Å². The van der Waals surface area contributed by atoms with Gasteiger partial charge in [0.15, 0.2) is 0 Å². The molecule has 0 saturated carbocycles. The predicted molar refractivity (Wildman–Crippen MR) is 79.5 cm³/mol. The Hall–Kier alpha value is -2.28. The van der Waals surface area contributed by atoms with Gasteiger partial charge in [-0.15, -0.1) is 0 Å². The molecule has 0 radical (unpaired) electrons. The van der Waals surface area contributed by atoms with Crippen molar-refractivity contribution in [2.24, 2.45) is 5.92 Å². The summed E-state index contributed by atoms with van der Waals surface area (Å²) >= 11 is 0. The first-order valence-electron chi connectivity index (χ1n) is 7.84. The molecule has 7 heteroatoms. The van der Waals surface area contributed by atoms with Gasteiger partial charge in [-0.25, -0.2) is 9.97 Å². The van der Waals surface area contributed by atoms with E-state index < -0.39 is 0 Å². The molecule has 2 fully saturated rings. The molecule has 2 saturated heterocycles. The smallest absolute Gasteiger partial charge is 0.259 e. The molecule has 0 bridgehead atoms. The van der Waals surface area contributed by atoms with E-state index in [0.717, 1.165) is 25.1 Å². The third-order valence-corrected chi connectivity index (χ3v) is 4.75. The average Bonchev–Trinajstić information content (AvgIpc) is 3.20. The zero-order chi connectivity index (χ0) is 15.8. The van der Waals surface area contributed by atoms with Gasteiger partial charge >= 0.3 is 0 Å². The van der Waals surface area contributed by atoms with Crippen LogP contribution >= 0.6 is 0 Å². The second-order valence-electron chi connectivity index (χ2n) is 6.13. The minimum absolute atomic E-state index is 0.000352. The van der Waals surface area contributed by atoms with Gasteiger partial charge in [-0.05, 0) is 31.7 Å². The van der Waals surface area contributed by atoms with E-state index in [9.17, 15) is 4.79 Å². The van der Waals surface area contributed by atoms with Crippen molar-refractivity contribution in [3.05, 3.63) is 41.8 Å². The van der Waals surface area contributed by atoms with E-state index in [2.05, 4.69) is 15.1 Å². The van der Waals surface area contributed by atoms with E-state index in [0.29, 0.717) is 23.8 Å². The summed E-state index contributed by atoms with van der Waals surface area (Å²) in [6.45, 7) is 3.10. The normalized spacial score (nSPS) is 27.0. The first-order chi connectivity index (χ1) is 11.2. The van der Waals surface area contributed by atoms with E-state index in [1.54, 1.807) is 19.4 Å². The molecule has 2 aromatic heterocycles. The zero-order valence-electron chi connectivity index (χ0n) is 12.9. The van der Waals surface area contributed by atoms with Gasteiger partial charge in [0, 0.05) is 19.3 Å². The summed E-state index contributed by atoms with van der Waals surface area (Å²) in [6, 6.07) is 1.89. The molecule has 0 spiro atoms. The highest BCUT2D eigenvalue weighted by atomic mass is 16.5. The largest absolute Gasteiger partial charge is 0.367 e. The molecule has 7 nitrogen and oxygen atoms in total. The number of amides is 1. The number of rotatable bonds is 2. The van der Waals surface area contributed by atoms with Gasteiger partial charge in [-0.2, -0.15) is 0 Å². The number of piperidine rings is 1. The lowest BCUT2D eigenvalue weighted by atomic mass is 9.91. The molecule has 23 heavy (non-hydrogen) atoms. The Kier molecular flexibility index (Phi) is 3.57. The molecule has 2 aliphatic heterocycles. The molecular weight excluding hydrogens is 296 g/mol. The zero-order valence-corrected chi connectivity index (χ0v) is 12.9. The van der Waals surface area contributed by atoms with Gasteiger partial charge in [0.2, 0.25) is 0 Å². The quantitative estimate of drug-likeness (QED) is 0.840. The maximum Gasteiger partial charge on any atom is 0.259 e. The Labute approximate surface area is 133 Å². The standard InChI is InChI=1S/C16H18N4O3/c1-10-12(7-19-23-10)16(21)20-5-3-11-6-14(22-15(11)8-20)13-2-4-17-9-18-13/h2,4,7,9,11,14-15H,3,5-6,8H2,1H3/t11-,14-,15+/m1/s1. The van der Waals surface area contributed by atoms with E-state index in [1.807, 2.05) is 11.0 Å². The van der Waals surface area contributed by atoms with Gasteiger partial charge in [-0.3, -0.25) is 4.79 Å². The van der Waals surface area contributed by atoms with Crippen molar-refractivity contribution < 1.29 is 14.1 Å². The predicted octanol–water partition coefficient (Wildman–Crippen LogP) is 1.77. The van der Waals surface area contributed by atoms with Crippen molar-refractivity contribution in [1.29, 1.82) is 0 Å². The highest BCUT2D eigenvalue weighted by molar-refractivity contribution is 5.94. The summed E-state index contributed by atoms with van der Waals surface area (Å²) < 4.78 is 11.2. The lowest BCUT2D eigenvalue weighted by Crippen LogP contribution is -2.45. The van der Waals surface area contributed by atoms with Crippen LogP contribution in [0.15, 0.2) is 29.3 Å². The fraction of sp³-hybridized carbons (Fsp3) is 0.500. The highest BCUT2D eigenvalue weighted by Crippen LogP contribution is 2.40. The van der Waals surface area contributed by atoms with Gasteiger partial charge in [-0.1, -0.05) is 5.16 Å². The lowest BCUT2D eigenvalue weighted by molar-refractivity contribution is -0.00569. The maximum atomic E-state index is 12.6. The van der Waals surface area contributed by atoms with E-state index in [4.69, 9.17) is 9.26 Å². The van der Waals surface area contributed by atoms with E-state index >= 15 is 0 Å². The van der Waals surface area contributed by atoms with Gasteiger partial charge in [0.25, 0.3) is 5.91 Å². The van der Waals surface area contributed by atoms with Crippen LogP contribution in [0.25, 0.3) is 0 Å². The molecule has 0 N–H and O–H groups in total. The number of aryl methyl sites for hydroxylation is 1. The first-order valence-corrected chi connectivity index (χ1v) is 7.84. The molecule has 0 aromatic carbocycles. The summed E-state index contributed by atoms with van der Waals surface area (Å²) in [4.78, 5) is 22.6. The molecule has 4 rings (SSSR count). The Morgan fingerprint density at radius 3 is 3.09 bits per heavy atom. The molecule has 4 heterocycles. The Balaban J connectivity index is 1.46. The Morgan fingerprint density at radius 1 is 1.43 bits per heavy atom. The second-order valence-corrected chi connectivity index (χ2v) is 6.13. The van der Waals surface area contributed by atoms with Crippen LogP contribution in [0.3, 0.4) is 0 Å². The van der Waals surface area contributed by atoms with Crippen molar-refractivity contribution in [1.82, 2.24) is 20.0 Å². The van der Waals surface area contributed by atoms with Crippen LogP contribution in [0.1, 0.15) is 40.8 Å². The van der Waals surface area contributed by atoms with Crippen molar-refractivity contribution in [2.75, 3.05) is 13.1 Å². The van der Waals surface area contributed by atoms with Crippen LogP contribution in [0.2, 0.25) is 0 Å². The summed E-state index contributed by atoms with van der Waals surface area (Å²) in [5.41, 5.74) is 1.45. The summed E-state index contributed by atoms with van der Waals surface area (Å²) in [7, 11) is 0. The van der Waals surface area contributed by atoms with Crippen molar-refractivity contribution in [3.63, 3.8) is 0 Å². The molecule has 120 valence electrons. The van der Waals surface area contributed by atoms with Gasteiger partial charge in [0.1, 0.15) is 23.8 Å². The molecule has 0 unspecified atom stereocenters. The monoisotopic (exact) mass is 314 g/mol. The minimum Gasteiger partial charge on any atom is -0.367 e. The summed E-state index contributed by atoms with van der Waals surface area (Å²) in [5, 5.41) is 3.69. The van der Waals surface area contributed by atoms with E-state index in [1.165, 1.54) is 6.20 Å². The Morgan fingerprint density at radius 2 is 2.35 bits per heavy atom. The number of likely N-dealkylation sites (tertiary alicyclic amines) is 1. The summed E-state index contributed by atoms with van der Waals surface area (Å²) in [6.07, 6.45) is 6.73. The Bertz CT molecular complexity index is 702. The van der Waals surface area contributed by atoms with Crippen LogP contribution in [0.5, 0.6) is 0 Å². The van der Waals surface area contributed by atoms with Crippen LogP contribution in [0, 0.1) is 12.8 Å². The molecular formula is C16H18N4O3. The second kappa shape index (κ2) is 5.73. The third kappa shape index (κ3) is 2.61. The highest BCUT2D eigenvalue weighted by Gasteiger charge is 2.41. The van der Waals surface area contributed by atoms with Crippen LogP contribution in [0.4, 0.5) is 0 Å². The third-order valence-electron chi connectivity index (χ3n) is 4.75. The maximum absolute atomic E-state index is 12.6. The number of aromatic nitrogens is 3. The molecule has 3 atom stereocenters. The fourth-order valence-corrected chi connectivity index (χ4v) is 3.47. The number of fused-ring (bicyclic) bond motifs is 1. The number of hydrogen-bond acceptors (Lipinski definition) is 6. The van der Waals surface area contributed by atoms with Crippen LogP contribution in [-0.2, 0) is 4.74 Å². The average molecular weight is 314 g/mol. The molecule has 2 aliphatic rings. The fourth-order valence-electron chi connectivity index (χ4n) is 3.47. The SMILES string of the molecule is Cc1oncc1C(=O)N1CC[C@@H]2C[C@H](c3ccncn3)O[C@H]2C1. The first kappa shape index (κ1) is 14.3. The van der Waals surface area contributed by atoms with Gasteiger partial charge in [0.05, 0.1) is 18.0 Å². The number of ether oxygens (including phenoxy) is 1. The topological polar surface area (TPSA) is 81.4 Å². The molecule has 0 aliphatic carbocycles. The van der Waals surface area contributed by atoms with Crippen LogP contribution in [-0.4, -0.2) is 45.1 Å². The number of nitrogens with zero attached hydrogens (tertiary/aromatic N) is 4. The van der Waals surface area contributed by atoms with Crippen molar-refractivity contribution >= 4 is 5.91 Å². The molecule has 2 aromatic rings. The minimum atomic E-state index is -0.0312. The van der Waals surface area contributed by atoms with Crippen LogP contribution < -0.4 is 0 Å².